The molecule has 1 aromatic carbocycles. The van der Waals surface area contributed by atoms with Gasteiger partial charge in [-0.1, -0.05) is 0 Å². The van der Waals surface area contributed by atoms with Crippen molar-refractivity contribution >= 4 is 43.2 Å². The number of aromatic nitrogens is 1. The Morgan fingerprint density at radius 2 is 2.08 bits per heavy atom. The quantitative estimate of drug-likeness (QED) is 0.743. The van der Waals surface area contributed by atoms with Gasteiger partial charge in [0.2, 0.25) is 10.0 Å². The number of rotatable bonds is 6. The van der Waals surface area contributed by atoms with Crippen LogP contribution in [0, 0.1) is 0 Å². The molecule has 0 atom stereocenters. The molecule has 3 rings (SSSR count). The molecular formula is C16H18BrN3O3S2. The topological polar surface area (TPSA) is 79.4 Å². The van der Waals surface area contributed by atoms with Gasteiger partial charge in [-0.3, -0.25) is 4.79 Å². The number of hydrogen-bond donors (Lipinski definition) is 1. The second kappa shape index (κ2) is 7.94. The van der Waals surface area contributed by atoms with Crippen molar-refractivity contribution in [1.82, 2.24) is 14.6 Å². The Bertz CT molecular complexity index is 848. The van der Waals surface area contributed by atoms with E-state index in [1.54, 1.807) is 12.3 Å². The molecule has 0 radical (unpaired) electrons. The summed E-state index contributed by atoms with van der Waals surface area (Å²) in [5.74, 6) is -0.304. The molecule has 2 heterocycles. The summed E-state index contributed by atoms with van der Waals surface area (Å²) in [5, 5.41) is 5.65. The molecule has 0 aliphatic carbocycles. The lowest BCUT2D eigenvalue weighted by Gasteiger charge is -2.16. The van der Waals surface area contributed by atoms with Crippen molar-refractivity contribution in [2.24, 2.45) is 0 Å². The van der Waals surface area contributed by atoms with Crippen LogP contribution >= 0.6 is 27.3 Å². The normalized spacial score (nSPS) is 15.4. The van der Waals surface area contributed by atoms with Crippen LogP contribution in [-0.4, -0.2) is 43.2 Å². The first-order valence-electron chi connectivity index (χ1n) is 7.95. The average molecular weight is 444 g/mol. The standard InChI is InChI=1S/C16H18BrN3O3S2/c17-14-4-3-12(25(22,23)20-8-1-2-9-20)11-13(14)16(21)19-6-5-15-18-7-10-24-15/h3-4,7,10-11H,1-2,5-6,8-9H2,(H,19,21). The van der Waals surface area contributed by atoms with Gasteiger partial charge in [0.15, 0.2) is 0 Å². The Morgan fingerprint density at radius 3 is 2.76 bits per heavy atom. The van der Waals surface area contributed by atoms with Crippen LogP contribution in [-0.2, 0) is 16.4 Å². The van der Waals surface area contributed by atoms with E-state index in [-0.39, 0.29) is 10.8 Å². The van der Waals surface area contributed by atoms with Crippen molar-refractivity contribution < 1.29 is 13.2 Å². The highest BCUT2D eigenvalue weighted by Crippen LogP contribution is 2.25. The molecule has 0 saturated carbocycles. The summed E-state index contributed by atoms with van der Waals surface area (Å²) in [5.41, 5.74) is 0.319. The highest BCUT2D eigenvalue weighted by Gasteiger charge is 2.28. The van der Waals surface area contributed by atoms with Gasteiger partial charge in [-0.25, -0.2) is 13.4 Å². The minimum Gasteiger partial charge on any atom is -0.352 e. The minimum atomic E-state index is -3.54. The Hall–Kier alpha value is -1.29. The van der Waals surface area contributed by atoms with Crippen LogP contribution < -0.4 is 5.32 Å². The number of sulfonamides is 1. The smallest absolute Gasteiger partial charge is 0.252 e. The van der Waals surface area contributed by atoms with Crippen LogP contribution in [0.4, 0.5) is 0 Å². The van der Waals surface area contributed by atoms with Gasteiger partial charge in [-0.05, 0) is 47.0 Å². The van der Waals surface area contributed by atoms with Crippen molar-refractivity contribution in [1.29, 1.82) is 0 Å². The van der Waals surface area contributed by atoms with Crippen LogP contribution in [0.15, 0.2) is 39.1 Å². The first kappa shape index (κ1) is 18.5. The van der Waals surface area contributed by atoms with Gasteiger partial charge >= 0.3 is 0 Å². The lowest BCUT2D eigenvalue weighted by atomic mass is 10.2. The highest BCUT2D eigenvalue weighted by molar-refractivity contribution is 9.10. The lowest BCUT2D eigenvalue weighted by Crippen LogP contribution is -2.29. The largest absolute Gasteiger partial charge is 0.352 e. The molecule has 1 N–H and O–H groups in total. The van der Waals surface area contributed by atoms with Crippen LogP contribution in [0.2, 0.25) is 0 Å². The molecule has 6 nitrogen and oxygen atoms in total. The number of carbonyl (C=O) groups is 1. The predicted molar refractivity (Wildman–Crippen MR) is 100 cm³/mol. The fourth-order valence-corrected chi connectivity index (χ4v) is 5.26. The molecule has 1 saturated heterocycles. The van der Waals surface area contributed by atoms with E-state index in [1.165, 1.54) is 27.8 Å². The van der Waals surface area contributed by atoms with Gasteiger partial charge in [0.05, 0.1) is 15.5 Å². The fourth-order valence-electron chi connectivity index (χ4n) is 2.67. The molecule has 134 valence electrons. The van der Waals surface area contributed by atoms with E-state index in [0.717, 1.165) is 17.8 Å². The van der Waals surface area contributed by atoms with Crippen molar-refractivity contribution in [3.63, 3.8) is 0 Å². The van der Waals surface area contributed by atoms with Gasteiger partial charge in [0, 0.05) is 42.1 Å². The Morgan fingerprint density at radius 1 is 1.32 bits per heavy atom. The Balaban J connectivity index is 1.73. The number of hydrogen-bond acceptors (Lipinski definition) is 5. The maximum absolute atomic E-state index is 12.7. The molecule has 0 bridgehead atoms. The Labute approximate surface area is 159 Å². The molecule has 0 unspecified atom stereocenters. The third kappa shape index (κ3) is 4.28. The van der Waals surface area contributed by atoms with Gasteiger partial charge in [-0.15, -0.1) is 11.3 Å². The van der Waals surface area contributed by atoms with E-state index in [9.17, 15) is 13.2 Å². The van der Waals surface area contributed by atoms with E-state index in [2.05, 4.69) is 26.2 Å². The summed E-state index contributed by atoms with van der Waals surface area (Å²) in [7, 11) is -3.54. The lowest BCUT2D eigenvalue weighted by molar-refractivity contribution is 0.0953. The average Bonchev–Trinajstić information content (AvgIpc) is 3.29. The van der Waals surface area contributed by atoms with Gasteiger partial charge in [0.1, 0.15) is 0 Å². The highest BCUT2D eigenvalue weighted by atomic mass is 79.9. The maximum atomic E-state index is 12.7. The SMILES string of the molecule is O=C(NCCc1nccs1)c1cc(S(=O)(=O)N2CCCC2)ccc1Br. The second-order valence-corrected chi connectivity index (χ2v) is 9.46. The fraction of sp³-hybridized carbons (Fsp3) is 0.375. The monoisotopic (exact) mass is 443 g/mol. The number of carbonyl (C=O) groups excluding carboxylic acids is 1. The van der Waals surface area contributed by atoms with Crippen LogP contribution in [0.1, 0.15) is 28.2 Å². The van der Waals surface area contributed by atoms with Crippen molar-refractivity contribution in [2.75, 3.05) is 19.6 Å². The second-order valence-electron chi connectivity index (χ2n) is 5.68. The van der Waals surface area contributed by atoms with E-state index < -0.39 is 10.0 Å². The number of nitrogens with one attached hydrogen (secondary N) is 1. The van der Waals surface area contributed by atoms with E-state index in [4.69, 9.17) is 0 Å². The zero-order valence-corrected chi connectivity index (χ0v) is 16.7. The third-order valence-electron chi connectivity index (χ3n) is 3.99. The number of amides is 1. The Kier molecular flexibility index (Phi) is 5.88. The van der Waals surface area contributed by atoms with E-state index in [0.29, 0.717) is 36.1 Å². The molecule has 1 amide bonds. The van der Waals surface area contributed by atoms with Crippen LogP contribution in [0.5, 0.6) is 0 Å². The molecule has 2 aromatic rings. The van der Waals surface area contributed by atoms with Crippen LogP contribution in [0.3, 0.4) is 0 Å². The molecule has 0 spiro atoms. The summed E-state index contributed by atoms with van der Waals surface area (Å²) in [6.07, 6.45) is 4.12. The number of halogens is 1. The molecule has 1 aliphatic rings. The molecule has 1 aromatic heterocycles. The van der Waals surface area contributed by atoms with Gasteiger partial charge in [0.25, 0.3) is 5.91 Å². The zero-order valence-electron chi connectivity index (χ0n) is 13.4. The summed E-state index contributed by atoms with van der Waals surface area (Å²) in [6.45, 7) is 1.52. The summed E-state index contributed by atoms with van der Waals surface area (Å²) < 4.78 is 27.4. The summed E-state index contributed by atoms with van der Waals surface area (Å²) in [6, 6.07) is 4.58. The molecule has 9 heteroatoms. The van der Waals surface area contributed by atoms with Crippen molar-refractivity contribution in [2.45, 2.75) is 24.2 Å². The van der Waals surface area contributed by atoms with Gasteiger partial charge < -0.3 is 5.32 Å². The first-order valence-corrected chi connectivity index (χ1v) is 11.1. The first-order chi connectivity index (χ1) is 12.0. The number of benzene rings is 1. The molecular weight excluding hydrogens is 426 g/mol. The summed E-state index contributed by atoms with van der Waals surface area (Å²) in [4.78, 5) is 16.8. The van der Waals surface area contributed by atoms with Crippen LogP contribution in [0.25, 0.3) is 0 Å². The predicted octanol–water partition coefficient (Wildman–Crippen LogP) is 2.66. The van der Waals surface area contributed by atoms with Gasteiger partial charge in [-0.2, -0.15) is 4.31 Å². The van der Waals surface area contributed by atoms with Crippen molar-refractivity contribution in [3.8, 4) is 0 Å². The van der Waals surface area contributed by atoms with E-state index >= 15 is 0 Å². The minimum absolute atomic E-state index is 0.155. The van der Waals surface area contributed by atoms with Crippen molar-refractivity contribution in [3.05, 3.63) is 44.8 Å². The maximum Gasteiger partial charge on any atom is 0.252 e. The number of thiazole rings is 1. The zero-order chi connectivity index (χ0) is 17.9. The molecule has 1 fully saturated rings. The number of nitrogens with zero attached hydrogens (tertiary/aromatic N) is 2. The third-order valence-corrected chi connectivity index (χ3v) is 7.42. The molecule has 1 aliphatic heterocycles. The summed E-state index contributed by atoms with van der Waals surface area (Å²) >= 11 is 4.87. The van der Waals surface area contributed by atoms with E-state index in [1.807, 2.05) is 5.38 Å². The molecule has 25 heavy (non-hydrogen) atoms.